The summed E-state index contributed by atoms with van der Waals surface area (Å²) >= 11 is 0. The highest BCUT2D eigenvalue weighted by Gasteiger charge is 2.20. The van der Waals surface area contributed by atoms with Crippen molar-refractivity contribution in [2.45, 2.75) is 27.2 Å². The van der Waals surface area contributed by atoms with Gasteiger partial charge in [-0.3, -0.25) is 4.79 Å². The Balaban J connectivity index is 3.15. The summed E-state index contributed by atoms with van der Waals surface area (Å²) < 4.78 is 5.21. The number of aliphatic hydroxyl groups excluding tert-OH is 1. The maximum atomic E-state index is 12.2. The number of carbonyl (C=O) groups excluding carboxylic acids is 1. The molecule has 3 nitrogen and oxygen atoms in total. The van der Waals surface area contributed by atoms with Gasteiger partial charge in [-0.1, -0.05) is 6.92 Å². The van der Waals surface area contributed by atoms with E-state index in [1.165, 1.54) is 0 Å². The van der Waals surface area contributed by atoms with Gasteiger partial charge in [0.1, 0.15) is 5.75 Å². The molecule has 1 aromatic carbocycles. The molecule has 0 aliphatic rings. The molecular weight excluding hydrogens is 216 g/mol. The molecule has 0 aliphatic heterocycles. The summed E-state index contributed by atoms with van der Waals surface area (Å²) in [5.41, 5.74) is 2.59. The lowest BCUT2D eigenvalue weighted by Crippen LogP contribution is -2.19. The van der Waals surface area contributed by atoms with Crippen LogP contribution >= 0.6 is 0 Å². The minimum atomic E-state index is -0.304. The molecule has 17 heavy (non-hydrogen) atoms. The van der Waals surface area contributed by atoms with Crippen LogP contribution in [-0.2, 0) is 0 Å². The molecule has 1 unspecified atom stereocenters. The van der Waals surface area contributed by atoms with Gasteiger partial charge in [-0.15, -0.1) is 0 Å². The number of rotatable bonds is 5. The normalized spacial score (nSPS) is 12.3. The molecule has 0 saturated heterocycles. The second-order valence-electron chi connectivity index (χ2n) is 4.22. The van der Waals surface area contributed by atoms with Crippen molar-refractivity contribution in [3.63, 3.8) is 0 Å². The molecule has 1 aromatic rings. The van der Waals surface area contributed by atoms with Crippen molar-refractivity contribution in [3.05, 3.63) is 28.8 Å². The predicted molar refractivity (Wildman–Crippen MR) is 67.7 cm³/mol. The number of aliphatic hydroxyl groups is 1. The van der Waals surface area contributed by atoms with Crippen LogP contribution in [0.25, 0.3) is 0 Å². The highest BCUT2D eigenvalue weighted by Crippen LogP contribution is 2.26. The molecule has 0 aromatic heterocycles. The van der Waals surface area contributed by atoms with Crippen molar-refractivity contribution in [1.82, 2.24) is 0 Å². The van der Waals surface area contributed by atoms with Crippen LogP contribution < -0.4 is 4.74 Å². The van der Waals surface area contributed by atoms with Crippen molar-refractivity contribution in [3.8, 4) is 5.75 Å². The van der Waals surface area contributed by atoms with Crippen LogP contribution in [0, 0.1) is 19.8 Å². The van der Waals surface area contributed by atoms with E-state index in [2.05, 4.69) is 0 Å². The molecule has 0 saturated carbocycles. The van der Waals surface area contributed by atoms with Gasteiger partial charge in [-0.2, -0.15) is 0 Å². The Bertz CT molecular complexity index is 406. The molecule has 3 heteroatoms. The third-order valence-electron chi connectivity index (χ3n) is 3.31. The van der Waals surface area contributed by atoms with Gasteiger partial charge < -0.3 is 9.84 Å². The van der Waals surface area contributed by atoms with Crippen molar-refractivity contribution < 1.29 is 14.6 Å². The molecular formula is C14H20O3. The van der Waals surface area contributed by atoms with E-state index in [1.54, 1.807) is 19.2 Å². The van der Waals surface area contributed by atoms with Crippen LogP contribution in [0.5, 0.6) is 5.75 Å². The van der Waals surface area contributed by atoms with Gasteiger partial charge in [0, 0.05) is 11.5 Å². The van der Waals surface area contributed by atoms with Crippen LogP contribution in [0.2, 0.25) is 0 Å². The monoisotopic (exact) mass is 236 g/mol. The average Bonchev–Trinajstić information content (AvgIpc) is 2.34. The first-order valence-corrected chi connectivity index (χ1v) is 5.86. The highest BCUT2D eigenvalue weighted by molar-refractivity contribution is 5.99. The summed E-state index contributed by atoms with van der Waals surface area (Å²) in [5, 5.41) is 9.17. The maximum Gasteiger partial charge on any atom is 0.168 e. The Hall–Kier alpha value is -1.35. The lowest BCUT2D eigenvalue weighted by atomic mass is 9.91. The van der Waals surface area contributed by atoms with Gasteiger partial charge in [0.25, 0.3) is 0 Å². The topological polar surface area (TPSA) is 46.5 Å². The van der Waals surface area contributed by atoms with Gasteiger partial charge in [-0.05, 0) is 43.5 Å². The van der Waals surface area contributed by atoms with E-state index < -0.39 is 0 Å². The fourth-order valence-corrected chi connectivity index (χ4v) is 1.90. The smallest absolute Gasteiger partial charge is 0.168 e. The first-order valence-electron chi connectivity index (χ1n) is 5.86. The van der Waals surface area contributed by atoms with Crippen molar-refractivity contribution in [1.29, 1.82) is 0 Å². The maximum absolute atomic E-state index is 12.2. The molecule has 0 heterocycles. The van der Waals surface area contributed by atoms with E-state index in [-0.39, 0.29) is 18.3 Å². The summed E-state index contributed by atoms with van der Waals surface area (Å²) in [6, 6.07) is 3.58. The molecule has 1 N–H and O–H groups in total. The van der Waals surface area contributed by atoms with Gasteiger partial charge >= 0.3 is 0 Å². The predicted octanol–water partition coefficient (Wildman–Crippen LogP) is 2.51. The number of hydrogen-bond donors (Lipinski definition) is 1. The fraction of sp³-hybridized carbons (Fsp3) is 0.500. The van der Waals surface area contributed by atoms with Gasteiger partial charge in [0.05, 0.1) is 13.7 Å². The summed E-state index contributed by atoms with van der Waals surface area (Å²) in [6.07, 6.45) is 0.653. The fourth-order valence-electron chi connectivity index (χ4n) is 1.90. The van der Waals surface area contributed by atoms with E-state index in [1.807, 2.05) is 20.8 Å². The highest BCUT2D eigenvalue weighted by atomic mass is 16.5. The van der Waals surface area contributed by atoms with E-state index in [9.17, 15) is 9.90 Å². The number of carbonyl (C=O) groups is 1. The van der Waals surface area contributed by atoms with Crippen LogP contribution in [0.1, 0.15) is 34.8 Å². The van der Waals surface area contributed by atoms with E-state index >= 15 is 0 Å². The van der Waals surface area contributed by atoms with E-state index in [0.29, 0.717) is 12.0 Å². The molecule has 0 spiro atoms. The Labute approximate surface area is 102 Å². The molecule has 1 atom stereocenters. The third kappa shape index (κ3) is 2.67. The molecule has 94 valence electrons. The first-order chi connectivity index (χ1) is 8.06. The van der Waals surface area contributed by atoms with Crippen LogP contribution in [0.4, 0.5) is 0 Å². The molecule has 0 aliphatic carbocycles. The van der Waals surface area contributed by atoms with Gasteiger partial charge in [0.2, 0.25) is 0 Å². The zero-order valence-electron chi connectivity index (χ0n) is 10.9. The summed E-state index contributed by atoms with van der Waals surface area (Å²) in [4.78, 5) is 12.2. The lowest BCUT2D eigenvalue weighted by Gasteiger charge is -2.15. The molecule has 0 amide bonds. The molecule has 1 rings (SSSR count). The minimum Gasteiger partial charge on any atom is -0.496 e. The van der Waals surface area contributed by atoms with Gasteiger partial charge in [-0.25, -0.2) is 0 Å². The lowest BCUT2D eigenvalue weighted by molar-refractivity contribution is 0.0855. The summed E-state index contributed by atoms with van der Waals surface area (Å²) in [6.45, 7) is 5.66. The molecule has 0 fully saturated rings. The quantitative estimate of drug-likeness (QED) is 0.799. The van der Waals surface area contributed by atoms with Crippen LogP contribution in [0.15, 0.2) is 12.1 Å². The number of hydrogen-bond acceptors (Lipinski definition) is 3. The second-order valence-corrected chi connectivity index (χ2v) is 4.22. The zero-order chi connectivity index (χ0) is 13.0. The summed E-state index contributed by atoms with van der Waals surface area (Å²) in [7, 11) is 1.62. The largest absolute Gasteiger partial charge is 0.496 e. The van der Waals surface area contributed by atoms with Crippen molar-refractivity contribution in [2.75, 3.05) is 13.7 Å². The average molecular weight is 236 g/mol. The molecule has 0 radical (unpaired) electrons. The minimum absolute atomic E-state index is 0.0123. The Morgan fingerprint density at radius 3 is 2.47 bits per heavy atom. The Morgan fingerprint density at radius 1 is 1.35 bits per heavy atom. The number of Topliss-reactive ketones (excluding diaryl/α,β-unsaturated/α-hetero) is 1. The Kier molecular flexibility index (Phi) is 4.70. The Morgan fingerprint density at radius 2 is 2.00 bits per heavy atom. The number of ether oxygens (including phenoxy) is 1. The van der Waals surface area contributed by atoms with Crippen LogP contribution in [0.3, 0.4) is 0 Å². The summed E-state index contributed by atoms with van der Waals surface area (Å²) in [5.74, 6) is 0.496. The first kappa shape index (κ1) is 13.7. The van der Waals surface area contributed by atoms with Gasteiger partial charge in [0.15, 0.2) is 5.78 Å². The van der Waals surface area contributed by atoms with Crippen LogP contribution in [-0.4, -0.2) is 24.6 Å². The third-order valence-corrected chi connectivity index (χ3v) is 3.31. The van der Waals surface area contributed by atoms with E-state index in [0.717, 1.165) is 16.9 Å². The second kappa shape index (κ2) is 5.82. The van der Waals surface area contributed by atoms with Crippen molar-refractivity contribution in [2.24, 2.45) is 5.92 Å². The van der Waals surface area contributed by atoms with Crippen molar-refractivity contribution >= 4 is 5.78 Å². The van der Waals surface area contributed by atoms with E-state index in [4.69, 9.17) is 4.74 Å². The number of benzene rings is 1. The zero-order valence-corrected chi connectivity index (χ0v) is 10.9. The number of ketones is 1. The number of methoxy groups -OCH3 is 1. The molecule has 0 bridgehead atoms. The SMILES string of the molecule is CCC(CO)C(=O)c1ccc(OC)c(C)c1C. The standard InChI is InChI=1S/C14H20O3/c1-5-11(8-15)14(16)12-6-7-13(17-4)10(3)9(12)2/h6-7,11,15H,5,8H2,1-4H3.